The maximum absolute atomic E-state index is 11.8. The number of carbonyl (C=O) groups excluding carboxylic acids is 1. The van der Waals surface area contributed by atoms with Gasteiger partial charge in [-0.05, 0) is 65.7 Å². The molecule has 2 N–H and O–H groups in total. The summed E-state index contributed by atoms with van der Waals surface area (Å²) in [6, 6.07) is 5.16. The number of halogens is 2. The van der Waals surface area contributed by atoms with Crippen LogP contribution in [0.3, 0.4) is 0 Å². The molecular weight excluding hydrogens is 358 g/mol. The van der Waals surface area contributed by atoms with Crippen LogP contribution in [0.5, 0.6) is 5.75 Å². The van der Waals surface area contributed by atoms with Crippen molar-refractivity contribution in [1.82, 2.24) is 5.32 Å². The number of hydrogen-bond donors (Lipinski definition) is 2. The third-order valence-electron chi connectivity index (χ3n) is 3.66. The van der Waals surface area contributed by atoms with Gasteiger partial charge in [-0.25, -0.2) is 0 Å². The van der Waals surface area contributed by atoms with Gasteiger partial charge in [0, 0.05) is 11.6 Å². The van der Waals surface area contributed by atoms with Gasteiger partial charge in [0.15, 0.2) is 6.61 Å². The molecule has 1 saturated carbocycles. The predicted octanol–water partition coefficient (Wildman–Crippen LogP) is 3.15. The Hall–Kier alpha value is -0.780. The number of carbonyl (C=O) groups is 1. The number of aliphatic hydroxyl groups is 1. The van der Waals surface area contributed by atoms with Crippen LogP contribution in [0.2, 0.25) is 5.02 Å². The summed E-state index contributed by atoms with van der Waals surface area (Å²) in [6.45, 7) is 0.631. The van der Waals surface area contributed by atoms with Crippen LogP contribution in [0.1, 0.15) is 25.7 Å². The quantitative estimate of drug-likeness (QED) is 0.830. The van der Waals surface area contributed by atoms with Gasteiger partial charge in [0.25, 0.3) is 5.91 Å². The normalized spacial score (nSPS) is 21.9. The van der Waals surface area contributed by atoms with Crippen molar-refractivity contribution in [2.75, 3.05) is 13.2 Å². The lowest BCUT2D eigenvalue weighted by atomic mass is 9.87. The standard InChI is InChI=1S/C15H19BrClNO3/c16-13-7-11(17)3-6-14(13)21-9-15(20)18-8-10-1-4-12(19)5-2-10/h3,6-7,10,12,19H,1-2,4-5,8-9H2,(H,18,20). The molecule has 1 aliphatic carbocycles. The Kier molecular flexibility index (Phi) is 6.33. The zero-order chi connectivity index (χ0) is 15.2. The van der Waals surface area contributed by atoms with Crippen molar-refractivity contribution in [3.05, 3.63) is 27.7 Å². The molecule has 6 heteroatoms. The fraction of sp³-hybridized carbons (Fsp3) is 0.533. The van der Waals surface area contributed by atoms with Gasteiger partial charge in [0.05, 0.1) is 10.6 Å². The Balaban J connectivity index is 1.70. The summed E-state index contributed by atoms with van der Waals surface area (Å²) in [4.78, 5) is 11.8. The molecule has 0 spiro atoms. The van der Waals surface area contributed by atoms with Crippen LogP contribution in [-0.4, -0.2) is 30.3 Å². The fourth-order valence-corrected chi connectivity index (χ4v) is 3.19. The van der Waals surface area contributed by atoms with E-state index in [1.807, 2.05) is 0 Å². The largest absolute Gasteiger partial charge is 0.483 e. The smallest absolute Gasteiger partial charge is 0.257 e. The van der Waals surface area contributed by atoms with E-state index in [-0.39, 0.29) is 18.6 Å². The van der Waals surface area contributed by atoms with Gasteiger partial charge in [-0.15, -0.1) is 0 Å². The highest BCUT2D eigenvalue weighted by Crippen LogP contribution is 2.28. The monoisotopic (exact) mass is 375 g/mol. The lowest BCUT2D eigenvalue weighted by Crippen LogP contribution is -2.35. The Labute approximate surface area is 138 Å². The number of ether oxygens (including phenoxy) is 1. The minimum atomic E-state index is -0.164. The molecule has 0 unspecified atom stereocenters. The maximum atomic E-state index is 11.8. The highest BCUT2D eigenvalue weighted by molar-refractivity contribution is 9.10. The summed E-state index contributed by atoms with van der Waals surface area (Å²) >= 11 is 9.18. The van der Waals surface area contributed by atoms with E-state index in [0.717, 1.165) is 30.2 Å². The second-order valence-electron chi connectivity index (χ2n) is 5.34. The van der Waals surface area contributed by atoms with E-state index in [1.165, 1.54) is 0 Å². The van der Waals surface area contributed by atoms with Crippen LogP contribution in [0, 0.1) is 5.92 Å². The molecule has 2 rings (SSSR count). The molecule has 0 bridgehead atoms. The first-order valence-electron chi connectivity index (χ1n) is 7.07. The van der Waals surface area contributed by atoms with Crippen molar-refractivity contribution in [1.29, 1.82) is 0 Å². The summed E-state index contributed by atoms with van der Waals surface area (Å²) in [5.74, 6) is 0.915. The molecule has 4 nitrogen and oxygen atoms in total. The fourth-order valence-electron chi connectivity index (χ4n) is 2.39. The second kappa shape index (κ2) is 8.01. The van der Waals surface area contributed by atoms with Crippen molar-refractivity contribution >= 4 is 33.4 Å². The molecule has 0 atom stereocenters. The van der Waals surface area contributed by atoms with Crippen LogP contribution in [0.15, 0.2) is 22.7 Å². The highest BCUT2D eigenvalue weighted by Gasteiger charge is 2.19. The zero-order valence-corrected chi connectivity index (χ0v) is 14.0. The zero-order valence-electron chi connectivity index (χ0n) is 11.6. The first-order chi connectivity index (χ1) is 10.0. The van der Waals surface area contributed by atoms with Crippen molar-refractivity contribution in [3.8, 4) is 5.75 Å². The predicted molar refractivity (Wildman–Crippen MR) is 85.6 cm³/mol. The van der Waals surface area contributed by atoms with E-state index < -0.39 is 0 Å². The Morgan fingerprint density at radius 3 is 2.76 bits per heavy atom. The molecule has 1 fully saturated rings. The minimum absolute atomic E-state index is 0.0183. The first kappa shape index (κ1) is 16.6. The Bertz CT molecular complexity index is 490. The van der Waals surface area contributed by atoms with Crippen LogP contribution in [-0.2, 0) is 4.79 Å². The number of hydrogen-bond acceptors (Lipinski definition) is 3. The molecule has 1 aliphatic rings. The number of benzene rings is 1. The Morgan fingerprint density at radius 1 is 1.38 bits per heavy atom. The number of rotatable bonds is 5. The average Bonchev–Trinajstić information content (AvgIpc) is 2.46. The van der Waals surface area contributed by atoms with Gasteiger partial charge in [-0.2, -0.15) is 0 Å². The van der Waals surface area contributed by atoms with Gasteiger partial charge in [0.1, 0.15) is 5.75 Å². The molecule has 116 valence electrons. The lowest BCUT2D eigenvalue weighted by Gasteiger charge is -2.25. The van der Waals surface area contributed by atoms with E-state index in [0.29, 0.717) is 23.2 Å². The Morgan fingerprint density at radius 2 is 2.10 bits per heavy atom. The molecule has 0 heterocycles. The molecule has 1 amide bonds. The van der Waals surface area contributed by atoms with Crippen molar-refractivity contribution < 1.29 is 14.6 Å². The summed E-state index contributed by atoms with van der Waals surface area (Å²) in [6.07, 6.45) is 3.42. The summed E-state index contributed by atoms with van der Waals surface area (Å²) in [5.41, 5.74) is 0. The lowest BCUT2D eigenvalue weighted by molar-refractivity contribution is -0.123. The average molecular weight is 377 g/mol. The van der Waals surface area contributed by atoms with Gasteiger partial charge < -0.3 is 15.2 Å². The molecular formula is C15H19BrClNO3. The molecule has 1 aromatic rings. The van der Waals surface area contributed by atoms with E-state index in [2.05, 4.69) is 21.2 Å². The van der Waals surface area contributed by atoms with E-state index >= 15 is 0 Å². The van der Waals surface area contributed by atoms with Gasteiger partial charge in [-0.1, -0.05) is 11.6 Å². The highest BCUT2D eigenvalue weighted by atomic mass is 79.9. The first-order valence-corrected chi connectivity index (χ1v) is 8.24. The molecule has 0 saturated heterocycles. The summed E-state index contributed by atoms with van der Waals surface area (Å²) < 4.78 is 6.18. The van der Waals surface area contributed by atoms with Crippen LogP contribution in [0.25, 0.3) is 0 Å². The van der Waals surface area contributed by atoms with Crippen molar-refractivity contribution in [3.63, 3.8) is 0 Å². The number of nitrogens with one attached hydrogen (secondary N) is 1. The van der Waals surface area contributed by atoms with Crippen LogP contribution in [0.4, 0.5) is 0 Å². The molecule has 0 aromatic heterocycles. The number of aliphatic hydroxyl groups excluding tert-OH is 1. The summed E-state index contributed by atoms with van der Waals surface area (Å²) in [7, 11) is 0. The van der Waals surface area contributed by atoms with Crippen LogP contribution >= 0.6 is 27.5 Å². The SMILES string of the molecule is O=C(COc1ccc(Cl)cc1Br)NCC1CCC(O)CC1. The minimum Gasteiger partial charge on any atom is -0.483 e. The summed E-state index contributed by atoms with van der Waals surface area (Å²) in [5, 5.41) is 12.9. The van der Waals surface area contributed by atoms with E-state index in [9.17, 15) is 9.90 Å². The molecule has 0 aliphatic heterocycles. The van der Waals surface area contributed by atoms with Gasteiger partial charge >= 0.3 is 0 Å². The van der Waals surface area contributed by atoms with E-state index in [1.54, 1.807) is 18.2 Å². The van der Waals surface area contributed by atoms with Crippen molar-refractivity contribution in [2.45, 2.75) is 31.8 Å². The van der Waals surface area contributed by atoms with Crippen LogP contribution < -0.4 is 10.1 Å². The molecule has 0 radical (unpaired) electrons. The number of amides is 1. The van der Waals surface area contributed by atoms with E-state index in [4.69, 9.17) is 16.3 Å². The molecule has 1 aromatic carbocycles. The van der Waals surface area contributed by atoms with Gasteiger partial charge in [-0.3, -0.25) is 4.79 Å². The van der Waals surface area contributed by atoms with Crippen molar-refractivity contribution in [2.24, 2.45) is 5.92 Å². The van der Waals surface area contributed by atoms with Gasteiger partial charge in [0.2, 0.25) is 0 Å². The molecule has 21 heavy (non-hydrogen) atoms. The third kappa shape index (κ3) is 5.49. The third-order valence-corrected chi connectivity index (χ3v) is 4.51. The second-order valence-corrected chi connectivity index (χ2v) is 6.63. The maximum Gasteiger partial charge on any atom is 0.257 e. The topological polar surface area (TPSA) is 58.6 Å².